The van der Waals surface area contributed by atoms with Crippen molar-refractivity contribution in [3.05, 3.63) is 54.0 Å². The second-order valence-corrected chi connectivity index (χ2v) is 6.58. The fourth-order valence-electron chi connectivity index (χ4n) is 3.03. The van der Waals surface area contributed by atoms with E-state index >= 15 is 0 Å². The van der Waals surface area contributed by atoms with Gasteiger partial charge in [-0.3, -0.25) is 14.5 Å². The molecule has 2 aromatic rings. The van der Waals surface area contributed by atoms with E-state index in [1.807, 2.05) is 4.90 Å². The van der Waals surface area contributed by atoms with Crippen LogP contribution in [0, 0.1) is 18.2 Å². The van der Waals surface area contributed by atoms with Gasteiger partial charge < -0.3 is 15.5 Å². The van der Waals surface area contributed by atoms with E-state index in [9.17, 15) is 14.0 Å². The molecule has 2 N–H and O–H groups in total. The lowest BCUT2D eigenvalue weighted by Crippen LogP contribution is -2.49. The molecule has 29 heavy (non-hydrogen) atoms. The minimum absolute atomic E-state index is 0.174. The highest BCUT2D eigenvalue weighted by molar-refractivity contribution is 5.94. The Balaban J connectivity index is 1.47. The number of para-hydroxylation sites is 1. The number of nitrogens with one attached hydrogen (secondary N) is 2. The van der Waals surface area contributed by atoms with Gasteiger partial charge in [0, 0.05) is 32.4 Å². The minimum Gasteiger partial charge on any atom is -0.354 e. The second-order valence-electron chi connectivity index (χ2n) is 6.58. The predicted octanol–water partition coefficient (Wildman–Crippen LogP) is 1.34. The molecule has 0 bridgehead atoms. The first kappa shape index (κ1) is 20.3. The van der Waals surface area contributed by atoms with Crippen LogP contribution in [-0.2, 0) is 4.79 Å². The van der Waals surface area contributed by atoms with Crippen molar-refractivity contribution in [2.45, 2.75) is 0 Å². The van der Waals surface area contributed by atoms with Gasteiger partial charge in [-0.15, -0.1) is 6.42 Å². The number of hydrogen-bond acceptors (Lipinski definition) is 5. The maximum absolute atomic E-state index is 13.6. The molecule has 1 aliphatic heterocycles. The van der Waals surface area contributed by atoms with Gasteiger partial charge >= 0.3 is 0 Å². The fraction of sp³-hybridized carbons (Fsp3) is 0.286. The van der Waals surface area contributed by atoms with Crippen molar-refractivity contribution in [2.24, 2.45) is 0 Å². The number of benzene rings is 1. The van der Waals surface area contributed by atoms with Crippen LogP contribution in [0.2, 0.25) is 0 Å². The molecule has 8 heteroatoms. The van der Waals surface area contributed by atoms with Crippen LogP contribution >= 0.6 is 0 Å². The van der Waals surface area contributed by atoms with Gasteiger partial charge in [0.05, 0.1) is 24.3 Å². The van der Waals surface area contributed by atoms with Crippen LogP contribution in [0.5, 0.6) is 0 Å². The Labute approximate surface area is 168 Å². The lowest BCUT2D eigenvalue weighted by Gasteiger charge is -2.35. The van der Waals surface area contributed by atoms with Gasteiger partial charge in [-0.25, -0.2) is 9.37 Å². The highest BCUT2D eigenvalue weighted by Gasteiger charge is 2.20. The van der Waals surface area contributed by atoms with E-state index in [0.717, 1.165) is 5.82 Å². The second kappa shape index (κ2) is 9.66. The van der Waals surface area contributed by atoms with E-state index in [1.165, 1.54) is 18.3 Å². The van der Waals surface area contributed by atoms with Gasteiger partial charge in [-0.2, -0.15) is 0 Å². The van der Waals surface area contributed by atoms with E-state index in [1.54, 1.807) is 24.3 Å². The summed E-state index contributed by atoms with van der Waals surface area (Å²) in [5.74, 6) is 2.17. The topological polar surface area (TPSA) is 77.6 Å². The number of halogens is 1. The summed E-state index contributed by atoms with van der Waals surface area (Å²) >= 11 is 0. The van der Waals surface area contributed by atoms with Crippen LogP contribution in [-0.4, -0.2) is 61.0 Å². The Kier molecular flexibility index (Phi) is 6.76. The molecule has 0 unspecified atom stereocenters. The number of nitrogens with zero attached hydrogens (tertiary/aromatic N) is 3. The van der Waals surface area contributed by atoms with E-state index in [0.29, 0.717) is 31.7 Å². The number of terminal acetylenes is 1. The largest absolute Gasteiger partial charge is 0.354 e. The highest BCUT2D eigenvalue weighted by atomic mass is 19.1. The molecule has 0 saturated carbocycles. The summed E-state index contributed by atoms with van der Waals surface area (Å²) in [6, 6.07) is 9.61. The fourth-order valence-corrected chi connectivity index (χ4v) is 3.03. The number of rotatable bonds is 6. The normalized spacial score (nSPS) is 14.1. The summed E-state index contributed by atoms with van der Waals surface area (Å²) in [6.45, 7) is 3.12. The summed E-state index contributed by atoms with van der Waals surface area (Å²) in [5, 5.41) is 5.20. The minimum atomic E-state index is -0.451. The van der Waals surface area contributed by atoms with Crippen LogP contribution in [0.1, 0.15) is 10.4 Å². The van der Waals surface area contributed by atoms with Gasteiger partial charge in [0.2, 0.25) is 5.91 Å². The average molecular weight is 395 g/mol. The molecule has 150 valence electrons. The van der Waals surface area contributed by atoms with Gasteiger partial charge in [-0.05, 0) is 24.3 Å². The van der Waals surface area contributed by atoms with Crippen LogP contribution in [0.4, 0.5) is 15.9 Å². The van der Waals surface area contributed by atoms with Crippen molar-refractivity contribution in [1.82, 2.24) is 15.2 Å². The molecule has 3 rings (SSSR count). The zero-order valence-corrected chi connectivity index (χ0v) is 15.9. The SMILES string of the molecule is C#CCNC(=O)c1ccc(N2CCN(CC(=O)Nc3ccccc3F)CC2)nc1. The monoisotopic (exact) mass is 395 g/mol. The molecule has 7 nitrogen and oxygen atoms in total. The summed E-state index contributed by atoms with van der Waals surface area (Å²) in [6.07, 6.45) is 6.65. The number of carbonyl (C=O) groups excluding carboxylic acids is 2. The number of aromatic nitrogens is 1. The molecular weight excluding hydrogens is 373 g/mol. The maximum Gasteiger partial charge on any atom is 0.253 e. The zero-order valence-electron chi connectivity index (χ0n) is 15.9. The Morgan fingerprint density at radius 2 is 1.90 bits per heavy atom. The van der Waals surface area contributed by atoms with Crippen LogP contribution in [0.25, 0.3) is 0 Å². The first-order valence-corrected chi connectivity index (χ1v) is 9.26. The first-order chi connectivity index (χ1) is 14.1. The Hall–Kier alpha value is -3.44. The summed E-state index contributed by atoms with van der Waals surface area (Å²) in [7, 11) is 0. The Bertz CT molecular complexity index is 902. The molecule has 0 aliphatic carbocycles. The van der Waals surface area contributed by atoms with E-state index in [-0.39, 0.29) is 30.6 Å². The van der Waals surface area contributed by atoms with E-state index in [4.69, 9.17) is 6.42 Å². The quantitative estimate of drug-likeness (QED) is 0.722. The van der Waals surface area contributed by atoms with Crippen molar-refractivity contribution in [1.29, 1.82) is 0 Å². The van der Waals surface area contributed by atoms with Gasteiger partial charge in [0.15, 0.2) is 0 Å². The molecule has 1 aromatic carbocycles. The van der Waals surface area contributed by atoms with Crippen LogP contribution in [0.3, 0.4) is 0 Å². The highest BCUT2D eigenvalue weighted by Crippen LogP contribution is 2.15. The zero-order chi connectivity index (χ0) is 20.6. The molecule has 1 aliphatic rings. The third-order valence-corrected chi connectivity index (χ3v) is 4.57. The Morgan fingerprint density at radius 3 is 2.55 bits per heavy atom. The number of piperazine rings is 1. The molecule has 0 atom stereocenters. The van der Waals surface area contributed by atoms with Gasteiger partial charge in [-0.1, -0.05) is 18.1 Å². The number of anilines is 2. The van der Waals surface area contributed by atoms with Crippen molar-refractivity contribution in [2.75, 3.05) is 49.5 Å². The first-order valence-electron chi connectivity index (χ1n) is 9.26. The molecule has 2 amide bonds. The summed E-state index contributed by atoms with van der Waals surface area (Å²) < 4.78 is 13.6. The molecule has 2 heterocycles. The van der Waals surface area contributed by atoms with Crippen LogP contribution < -0.4 is 15.5 Å². The molecule has 1 saturated heterocycles. The third-order valence-electron chi connectivity index (χ3n) is 4.57. The molecule has 0 radical (unpaired) electrons. The molecule has 0 spiro atoms. The van der Waals surface area contributed by atoms with Gasteiger partial charge in [0.25, 0.3) is 5.91 Å². The number of pyridine rings is 1. The van der Waals surface area contributed by atoms with Gasteiger partial charge in [0.1, 0.15) is 11.6 Å². The summed E-state index contributed by atoms with van der Waals surface area (Å²) in [5.41, 5.74) is 0.638. The number of carbonyl (C=O) groups is 2. The van der Waals surface area contributed by atoms with Crippen molar-refractivity contribution >= 4 is 23.3 Å². The van der Waals surface area contributed by atoms with Crippen molar-refractivity contribution < 1.29 is 14.0 Å². The third kappa shape index (κ3) is 5.53. The predicted molar refractivity (Wildman–Crippen MR) is 109 cm³/mol. The molecule has 1 fully saturated rings. The molecule has 1 aromatic heterocycles. The standard InChI is InChI=1S/C21H22FN5O2/c1-2-9-23-21(29)16-7-8-19(24-14-16)27-12-10-26(11-13-27)15-20(28)25-18-6-4-3-5-17(18)22/h1,3-8,14H,9-13,15H2,(H,23,29)(H,25,28). The maximum atomic E-state index is 13.6. The van der Waals surface area contributed by atoms with Crippen molar-refractivity contribution in [3.8, 4) is 12.3 Å². The Morgan fingerprint density at radius 1 is 1.14 bits per heavy atom. The van der Waals surface area contributed by atoms with Crippen LogP contribution in [0.15, 0.2) is 42.6 Å². The lowest BCUT2D eigenvalue weighted by molar-refractivity contribution is -0.117. The average Bonchev–Trinajstić information content (AvgIpc) is 2.74. The van der Waals surface area contributed by atoms with Crippen molar-refractivity contribution in [3.63, 3.8) is 0 Å². The number of hydrogen-bond donors (Lipinski definition) is 2. The lowest BCUT2D eigenvalue weighted by atomic mass is 10.2. The number of amides is 2. The smallest absolute Gasteiger partial charge is 0.253 e. The van der Waals surface area contributed by atoms with E-state index in [2.05, 4.69) is 26.4 Å². The van der Waals surface area contributed by atoms with E-state index < -0.39 is 5.82 Å². The summed E-state index contributed by atoms with van der Waals surface area (Å²) in [4.78, 5) is 32.5. The molecular formula is C21H22FN5O2.